The SMILES string of the molecule is CCOc1c(Cl)cc(/C=C/C(=O)O[C@H](C)C(=O)N(C(C)C)C(C)C)cc1OC. The topological polar surface area (TPSA) is 65.1 Å². The maximum atomic E-state index is 12.5. The monoisotopic (exact) mass is 411 g/mol. The molecule has 0 aliphatic rings. The summed E-state index contributed by atoms with van der Waals surface area (Å²) in [5, 5.41) is 0.377. The van der Waals surface area contributed by atoms with Crippen LogP contribution in [0.3, 0.4) is 0 Å². The van der Waals surface area contributed by atoms with Crippen LogP contribution in [-0.4, -0.2) is 48.7 Å². The number of esters is 1. The van der Waals surface area contributed by atoms with E-state index in [9.17, 15) is 9.59 Å². The van der Waals surface area contributed by atoms with Gasteiger partial charge in [-0.2, -0.15) is 0 Å². The number of hydrogen-bond donors (Lipinski definition) is 0. The first-order chi connectivity index (χ1) is 13.1. The Labute approximate surface area is 172 Å². The van der Waals surface area contributed by atoms with Crippen molar-refractivity contribution in [1.82, 2.24) is 4.90 Å². The van der Waals surface area contributed by atoms with Gasteiger partial charge in [0.15, 0.2) is 17.6 Å². The van der Waals surface area contributed by atoms with Gasteiger partial charge in [0, 0.05) is 18.2 Å². The quantitative estimate of drug-likeness (QED) is 0.446. The number of hydrogen-bond acceptors (Lipinski definition) is 5. The lowest BCUT2D eigenvalue weighted by Gasteiger charge is -2.32. The molecule has 0 N–H and O–H groups in total. The fraction of sp³-hybridized carbons (Fsp3) is 0.524. The summed E-state index contributed by atoms with van der Waals surface area (Å²) >= 11 is 6.22. The van der Waals surface area contributed by atoms with Crippen LogP contribution in [0.15, 0.2) is 18.2 Å². The normalized spacial score (nSPS) is 12.4. The van der Waals surface area contributed by atoms with Crippen LogP contribution in [0.2, 0.25) is 5.02 Å². The molecule has 0 spiro atoms. The zero-order chi connectivity index (χ0) is 21.4. The Balaban J connectivity index is 2.86. The van der Waals surface area contributed by atoms with E-state index in [-0.39, 0.29) is 18.0 Å². The van der Waals surface area contributed by atoms with Crippen LogP contribution < -0.4 is 9.47 Å². The van der Waals surface area contributed by atoms with Crippen molar-refractivity contribution in [3.8, 4) is 11.5 Å². The van der Waals surface area contributed by atoms with Crippen LogP contribution >= 0.6 is 11.6 Å². The second-order valence-corrected chi connectivity index (χ2v) is 7.22. The molecule has 0 saturated carbocycles. The van der Waals surface area contributed by atoms with Crippen LogP contribution in [0, 0.1) is 0 Å². The molecule has 1 amide bonds. The molecule has 0 saturated heterocycles. The van der Waals surface area contributed by atoms with Gasteiger partial charge in [0.05, 0.1) is 18.7 Å². The Kier molecular flexibility index (Phi) is 9.32. The molecule has 0 heterocycles. The average molecular weight is 412 g/mol. The highest BCUT2D eigenvalue weighted by molar-refractivity contribution is 6.32. The average Bonchev–Trinajstić information content (AvgIpc) is 2.61. The Morgan fingerprint density at radius 3 is 2.25 bits per heavy atom. The van der Waals surface area contributed by atoms with E-state index in [2.05, 4.69) is 0 Å². The van der Waals surface area contributed by atoms with Crippen molar-refractivity contribution >= 4 is 29.6 Å². The number of carbonyl (C=O) groups excluding carboxylic acids is 2. The van der Waals surface area contributed by atoms with Crippen molar-refractivity contribution in [1.29, 1.82) is 0 Å². The van der Waals surface area contributed by atoms with E-state index in [0.717, 1.165) is 0 Å². The molecule has 1 aromatic rings. The minimum Gasteiger partial charge on any atom is -0.493 e. The second-order valence-electron chi connectivity index (χ2n) is 6.81. The summed E-state index contributed by atoms with van der Waals surface area (Å²) in [7, 11) is 1.51. The van der Waals surface area contributed by atoms with Gasteiger partial charge in [-0.1, -0.05) is 11.6 Å². The number of halogens is 1. The molecule has 1 atom stereocenters. The van der Waals surface area contributed by atoms with Crippen LogP contribution in [0.1, 0.15) is 47.1 Å². The highest BCUT2D eigenvalue weighted by Gasteiger charge is 2.27. The highest BCUT2D eigenvalue weighted by atomic mass is 35.5. The molecule has 0 bridgehead atoms. The minimum absolute atomic E-state index is 0.0163. The van der Waals surface area contributed by atoms with Crippen LogP contribution in [0.25, 0.3) is 6.08 Å². The summed E-state index contributed by atoms with van der Waals surface area (Å²) in [6, 6.07) is 3.39. The molecular weight excluding hydrogens is 382 g/mol. The molecule has 0 fully saturated rings. The minimum atomic E-state index is -0.875. The Morgan fingerprint density at radius 2 is 1.75 bits per heavy atom. The molecule has 0 radical (unpaired) electrons. The summed E-state index contributed by atoms with van der Waals surface area (Å²) in [4.78, 5) is 26.4. The Hall–Kier alpha value is -2.21. The zero-order valence-electron chi connectivity index (χ0n) is 17.6. The molecule has 1 rings (SSSR count). The maximum Gasteiger partial charge on any atom is 0.331 e. The maximum absolute atomic E-state index is 12.5. The smallest absolute Gasteiger partial charge is 0.331 e. The third-order valence-corrected chi connectivity index (χ3v) is 4.24. The standard InChI is InChI=1S/C21H30ClNO5/c1-8-27-20-17(22)11-16(12-18(20)26-7)9-10-19(24)28-15(6)21(25)23(13(2)3)14(4)5/h9-15H,8H2,1-7H3/b10-9+/t15-/m1/s1. The van der Waals surface area contributed by atoms with E-state index in [1.165, 1.54) is 13.2 Å². The first-order valence-electron chi connectivity index (χ1n) is 9.33. The van der Waals surface area contributed by atoms with Gasteiger partial charge in [-0.15, -0.1) is 0 Å². The van der Waals surface area contributed by atoms with Gasteiger partial charge in [-0.05, 0) is 65.3 Å². The zero-order valence-corrected chi connectivity index (χ0v) is 18.4. The van der Waals surface area contributed by atoms with Crippen LogP contribution in [0.5, 0.6) is 11.5 Å². The fourth-order valence-corrected chi connectivity index (χ4v) is 3.14. The lowest BCUT2D eigenvalue weighted by molar-refractivity contribution is -0.157. The van der Waals surface area contributed by atoms with Gasteiger partial charge >= 0.3 is 5.97 Å². The Bertz CT molecular complexity index is 707. The third kappa shape index (κ3) is 6.44. The fourth-order valence-electron chi connectivity index (χ4n) is 2.86. The summed E-state index contributed by atoms with van der Waals surface area (Å²) in [6.45, 7) is 11.6. The number of amides is 1. The second kappa shape index (κ2) is 11.0. The van der Waals surface area contributed by atoms with E-state index >= 15 is 0 Å². The number of methoxy groups -OCH3 is 1. The lowest BCUT2D eigenvalue weighted by atomic mass is 10.2. The molecule has 156 valence electrons. The largest absolute Gasteiger partial charge is 0.493 e. The van der Waals surface area contributed by atoms with E-state index in [1.807, 2.05) is 34.6 Å². The van der Waals surface area contributed by atoms with E-state index in [1.54, 1.807) is 30.0 Å². The first kappa shape index (κ1) is 23.8. The van der Waals surface area contributed by atoms with Crippen molar-refractivity contribution in [3.63, 3.8) is 0 Å². The molecule has 0 unspecified atom stereocenters. The number of benzene rings is 1. The molecular formula is C21H30ClNO5. The molecule has 0 aliphatic carbocycles. The third-order valence-electron chi connectivity index (χ3n) is 3.96. The van der Waals surface area contributed by atoms with Crippen molar-refractivity contribution in [2.45, 2.75) is 59.7 Å². The van der Waals surface area contributed by atoms with Crippen molar-refractivity contribution in [3.05, 3.63) is 28.8 Å². The lowest BCUT2D eigenvalue weighted by Crippen LogP contribution is -2.47. The van der Waals surface area contributed by atoms with Crippen molar-refractivity contribution < 1.29 is 23.8 Å². The van der Waals surface area contributed by atoms with Crippen LogP contribution in [-0.2, 0) is 14.3 Å². The molecule has 0 aromatic heterocycles. The number of rotatable bonds is 9. The van der Waals surface area contributed by atoms with E-state index in [4.69, 9.17) is 25.8 Å². The van der Waals surface area contributed by atoms with Gasteiger partial charge in [0.1, 0.15) is 0 Å². The van der Waals surface area contributed by atoms with Gasteiger partial charge < -0.3 is 19.1 Å². The molecule has 0 aliphatic heterocycles. The molecule has 1 aromatic carbocycles. The van der Waals surface area contributed by atoms with Gasteiger partial charge in [0.25, 0.3) is 5.91 Å². The molecule has 6 nitrogen and oxygen atoms in total. The molecule has 28 heavy (non-hydrogen) atoms. The summed E-state index contributed by atoms with van der Waals surface area (Å²) in [5.41, 5.74) is 0.646. The number of nitrogens with zero attached hydrogens (tertiary/aromatic N) is 1. The summed E-state index contributed by atoms with van der Waals surface area (Å²) < 4.78 is 16.0. The number of carbonyl (C=O) groups is 2. The van der Waals surface area contributed by atoms with Gasteiger partial charge in [-0.3, -0.25) is 4.79 Å². The Morgan fingerprint density at radius 1 is 1.14 bits per heavy atom. The number of ether oxygens (including phenoxy) is 3. The predicted molar refractivity (Wildman–Crippen MR) is 111 cm³/mol. The first-order valence-corrected chi connectivity index (χ1v) is 9.71. The van der Waals surface area contributed by atoms with Gasteiger partial charge in [-0.25, -0.2) is 4.79 Å². The van der Waals surface area contributed by atoms with Crippen molar-refractivity contribution in [2.75, 3.05) is 13.7 Å². The van der Waals surface area contributed by atoms with Crippen molar-refractivity contribution in [2.24, 2.45) is 0 Å². The summed E-state index contributed by atoms with van der Waals surface area (Å²) in [6.07, 6.45) is 1.93. The highest BCUT2D eigenvalue weighted by Crippen LogP contribution is 2.36. The predicted octanol–water partition coefficient (Wildman–Crippen LogP) is 4.34. The van der Waals surface area contributed by atoms with E-state index < -0.39 is 12.1 Å². The molecule has 7 heteroatoms. The van der Waals surface area contributed by atoms with E-state index in [0.29, 0.717) is 28.7 Å². The van der Waals surface area contributed by atoms with Crippen LogP contribution in [0.4, 0.5) is 0 Å². The van der Waals surface area contributed by atoms with Gasteiger partial charge in [0.2, 0.25) is 0 Å². The summed E-state index contributed by atoms with van der Waals surface area (Å²) in [5.74, 6) is 0.0818.